The molecule has 2 bridgehead atoms. The van der Waals surface area contributed by atoms with Crippen LogP contribution in [0.2, 0.25) is 5.02 Å². The van der Waals surface area contributed by atoms with Gasteiger partial charge in [-0.15, -0.1) is 0 Å². The molecule has 3 aliphatic rings. The van der Waals surface area contributed by atoms with Gasteiger partial charge in [-0.05, 0) is 61.6 Å². The van der Waals surface area contributed by atoms with E-state index in [9.17, 15) is 14.4 Å². The third kappa shape index (κ3) is 5.20. The van der Waals surface area contributed by atoms with Crippen LogP contribution in [-0.2, 0) is 9.59 Å². The largest absolute Gasteiger partial charge is 0.346 e. The van der Waals surface area contributed by atoms with Gasteiger partial charge in [-0.25, -0.2) is 4.39 Å². The van der Waals surface area contributed by atoms with Crippen molar-refractivity contribution in [1.82, 2.24) is 20.2 Å². The van der Waals surface area contributed by atoms with E-state index in [1.54, 1.807) is 17.3 Å². The minimum absolute atomic E-state index is 0.0235. The molecule has 0 radical (unpaired) electrons. The molecule has 8 nitrogen and oxygen atoms in total. The van der Waals surface area contributed by atoms with E-state index in [1.807, 2.05) is 31.1 Å². The standard InChI is InChI=1S/C29H31ClFN5O3/c1-16-5-4-6-24(22-13-19(9-11-32-22)28-23(34-29(16)39)15-33-35(28)3)36-12-10-18(14-25(36)38)26-20(17(2)37)7-8-21(30)27(26)31/h7-9,11,13-16,23-24,28H,4-6,10,12H2,1-3H3,(H,34,39). The van der Waals surface area contributed by atoms with Gasteiger partial charge in [-0.1, -0.05) is 24.9 Å². The number of carbonyl (C=O) groups excluding carboxylic acids is 3. The lowest BCUT2D eigenvalue weighted by molar-refractivity contribution is -0.129. The van der Waals surface area contributed by atoms with E-state index >= 15 is 4.39 Å². The van der Waals surface area contributed by atoms with Gasteiger partial charge in [-0.3, -0.25) is 24.4 Å². The van der Waals surface area contributed by atoms with Crippen molar-refractivity contribution in [2.45, 2.75) is 57.7 Å². The molecule has 1 N–H and O–H groups in total. The lowest BCUT2D eigenvalue weighted by atomic mass is 9.90. The molecule has 1 aromatic heterocycles. The van der Waals surface area contributed by atoms with Gasteiger partial charge >= 0.3 is 0 Å². The van der Waals surface area contributed by atoms with E-state index in [0.717, 1.165) is 11.3 Å². The molecule has 2 amide bonds. The first-order valence-electron chi connectivity index (χ1n) is 13.2. The number of carbonyl (C=O) groups is 3. The van der Waals surface area contributed by atoms with Crippen molar-refractivity contribution in [3.05, 3.63) is 69.8 Å². The highest BCUT2D eigenvalue weighted by molar-refractivity contribution is 6.31. The quantitative estimate of drug-likeness (QED) is 0.557. The number of aromatic nitrogens is 1. The maximum atomic E-state index is 15.1. The van der Waals surface area contributed by atoms with Crippen molar-refractivity contribution in [3.63, 3.8) is 0 Å². The molecule has 5 rings (SSSR count). The molecule has 1 aromatic carbocycles. The molecule has 0 saturated carbocycles. The number of fused-ring (bicyclic) bond motifs is 4. The first-order chi connectivity index (χ1) is 18.7. The van der Waals surface area contributed by atoms with E-state index in [0.29, 0.717) is 37.8 Å². The molecule has 4 unspecified atom stereocenters. The number of nitrogens with one attached hydrogen (secondary N) is 1. The first-order valence-corrected chi connectivity index (χ1v) is 13.6. The molecule has 10 heteroatoms. The summed E-state index contributed by atoms with van der Waals surface area (Å²) in [5.74, 6) is -1.49. The highest BCUT2D eigenvalue weighted by Crippen LogP contribution is 2.37. The second-order valence-electron chi connectivity index (χ2n) is 10.5. The maximum absolute atomic E-state index is 15.1. The number of hydrogen-bond acceptors (Lipinski definition) is 6. The molecule has 204 valence electrons. The normalized spacial score (nSPS) is 25.4. The molecule has 3 aliphatic heterocycles. The summed E-state index contributed by atoms with van der Waals surface area (Å²) in [5.41, 5.74) is 2.45. The fourth-order valence-corrected chi connectivity index (χ4v) is 5.93. The molecule has 0 spiro atoms. The van der Waals surface area contributed by atoms with E-state index in [2.05, 4.69) is 15.4 Å². The van der Waals surface area contributed by atoms with E-state index < -0.39 is 5.82 Å². The second kappa shape index (κ2) is 10.9. The van der Waals surface area contributed by atoms with Gasteiger partial charge in [0.15, 0.2) is 5.78 Å². The predicted molar refractivity (Wildman–Crippen MR) is 147 cm³/mol. The smallest absolute Gasteiger partial charge is 0.247 e. The van der Waals surface area contributed by atoms with Crippen molar-refractivity contribution in [1.29, 1.82) is 0 Å². The monoisotopic (exact) mass is 551 g/mol. The number of hydrogen-bond donors (Lipinski definition) is 1. The van der Waals surface area contributed by atoms with Gasteiger partial charge in [-0.2, -0.15) is 5.10 Å². The number of nitrogens with zero attached hydrogens (tertiary/aromatic N) is 4. The van der Waals surface area contributed by atoms with Crippen LogP contribution < -0.4 is 5.32 Å². The van der Waals surface area contributed by atoms with Crippen LogP contribution >= 0.6 is 11.6 Å². The van der Waals surface area contributed by atoms with Crippen LogP contribution in [-0.4, -0.2) is 58.3 Å². The molecule has 4 atom stereocenters. The average Bonchev–Trinajstić information content (AvgIpc) is 3.27. The van der Waals surface area contributed by atoms with Crippen LogP contribution in [0, 0.1) is 11.7 Å². The lowest BCUT2D eigenvalue weighted by Crippen LogP contribution is -2.43. The van der Waals surface area contributed by atoms with Crippen molar-refractivity contribution >= 4 is 41.0 Å². The molecular weight excluding hydrogens is 521 g/mol. The Morgan fingerprint density at radius 2 is 2.00 bits per heavy atom. The third-order valence-corrected chi connectivity index (χ3v) is 8.18. The van der Waals surface area contributed by atoms with Gasteiger partial charge in [0.25, 0.3) is 0 Å². The molecule has 0 aliphatic carbocycles. The molecule has 0 saturated heterocycles. The van der Waals surface area contributed by atoms with E-state index in [1.165, 1.54) is 25.1 Å². The van der Waals surface area contributed by atoms with Gasteiger partial charge in [0.1, 0.15) is 5.82 Å². The van der Waals surface area contributed by atoms with Crippen molar-refractivity contribution in [2.75, 3.05) is 13.6 Å². The van der Waals surface area contributed by atoms with Crippen LogP contribution in [0.3, 0.4) is 0 Å². The number of pyridine rings is 1. The van der Waals surface area contributed by atoms with Gasteiger partial charge < -0.3 is 10.2 Å². The number of hydrazone groups is 1. The Morgan fingerprint density at radius 1 is 1.21 bits per heavy atom. The molecule has 4 heterocycles. The molecule has 39 heavy (non-hydrogen) atoms. The van der Waals surface area contributed by atoms with Crippen LogP contribution in [0.1, 0.15) is 78.8 Å². The SMILES string of the molecule is CC(=O)c1ccc(Cl)c(F)c1C1=CC(=O)N(C2CCCC(C)C(=O)NC3C=NN(C)C3c3ccnc2c3)CC1. The number of ketones is 1. The van der Waals surface area contributed by atoms with Crippen molar-refractivity contribution in [3.8, 4) is 0 Å². The summed E-state index contributed by atoms with van der Waals surface area (Å²) in [4.78, 5) is 45.1. The zero-order valence-electron chi connectivity index (χ0n) is 22.2. The number of benzene rings is 1. The summed E-state index contributed by atoms with van der Waals surface area (Å²) in [6.07, 6.45) is 7.25. The zero-order chi connectivity index (χ0) is 27.8. The molecule has 2 aromatic rings. The highest BCUT2D eigenvalue weighted by Gasteiger charge is 2.35. The Morgan fingerprint density at radius 3 is 2.74 bits per heavy atom. The molecule has 0 fully saturated rings. The summed E-state index contributed by atoms with van der Waals surface area (Å²) in [6, 6.07) is 5.96. The van der Waals surface area contributed by atoms with Crippen molar-refractivity contribution in [2.24, 2.45) is 11.0 Å². The summed E-state index contributed by atoms with van der Waals surface area (Å²) < 4.78 is 15.1. The highest BCUT2D eigenvalue weighted by atomic mass is 35.5. The first kappa shape index (κ1) is 27.0. The van der Waals surface area contributed by atoms with Crippen LogP contribution in [0.4, 0.5) is 4.39 Å². The minimum Gasteiger partial charge on any atom is -0.346 e. The van der Waals surface area contributed by atoms with E-state index in [4.69, 9.17) is 11.6 Å². The van der Waals surface area contributed by atoms with E-state index in [-0.39, 0.29) is 57.8 Å². The Hall–Kier alpha value is -3.59. The Kier molecular flexibility index (Phi) is 7.53. The number of Topliss-reactive ketones (excluding diaryl/α,β-unsaturated/α-hetero) is 1. The Balaban J connectivity index is 1.51. The second-order valence-corrected chi connectivity index (χ2v) is 10.9. The number of halogens is 2. The predicted octanol–water partition coefficient (Wildman–Crippen LogP) is 4.71. The average molecular weight is 552 g/mol. The lowest BCUT2D eigenvalue weighted by Gasteiger charge is -2.35. The number of amides is 2. The third-order valence-electron chi connectivity index (χ3n) is 7.89. The van der Waals surface area contributed by atoms with Crippen LogP contribution in [0.15, 0.2) is 41.6 Å². The van der Waals surface area contributed by atoms with Crippen LogP contribution in [0.25, 0.3) is 5.57 Å². The molecular formula is C29H31ClFN5O3. The minimum atomic E-state index is -0.693. The van der Waals surface area contributed by atoms with Crippen molar-refractivity contribution < 1.29 is 18.8 Å². The topological polar surface area (TPSA) is 95.0 Å². The Labute approximate surface area is 231 Å². The number of likely N-dealkylation sites (N-methyl/N-ethyl adjacent to an activating group) is 1. The van der Waals surface area contributed by atoms with Gasteiger partial charge in [0.2, 0.25) is 11.8 Å². The van der Waals surface area contributed by atoms with Crippen LogP contribution in [0.5, 0.6) is 0 Å². The maximum Gasteiger partial charge on any atom is 0.247 e. The van der Waals surface area contributed by atoms with Gasteiger partial charge in [0, 0.05) is 49.1 Å². The fourth-order valence-electron chi connectivity index (χ4n) is 5.77. The summed E-state index contributed by atoms with van der Waals surface area (Å²) in [7, 11) is 1.87. The fraction of sp³-hybridized carbons (Fsp3) is 0.414. The summed E-state index contributed by atoms with van der Waals surface area (Å²) in [6.45, 7) is 3.60. The Bertz CT molecular complexity index is 1390. The van der Waals surface area contributed by atoms with Gasteiger partial charge in [0.05, 0.1) is 28.8 Å². The zero-order valence-corrected chi connectivity index (χ0v) is 22.9. The number of rotatable bonds is 3. The summed E-state index contributed by atoms with van der Waals surface area (Å²) >= 11 is 6.03. The summed E-state index contributed by atoms with van der Waals surface area (Å²) in [5, 5.41) is 9.26.